The second-order valence-electron chi connectivity index (χ2n) is 3.97. The van der Waals surface area contributed by atoms with Gasteiger partial charge >= 0.3 is 0 Å². The van der Waals surface area contributed by atoms with Crippen LogP contribution in [0.1, 0.15) is 25.3 Å². The minimum absolute atomic E-state index is 0.176. The van der Waals surface area contributed by atoms with Crippen LogP contribution in [0.15, 0.2) is 12.1 Å². The number of anilines is 1. The molecule has 0 aliphatic rings. The van der Waals surface area contributed by atoms with Gasteiger partial charge in [-0.05, 0) is 25.0 Å². The summed E-state index contributed by atoms with van der Waals surface area (Å²) in [5, 5.41) is 2.28. The fourth-order valence-corrected chi connectivity index (χ4v) is 1.41. The highest BCUT2D eigenvalue weighted by Crippen LogP contribution is 2.19. The van der Waals surface area contributed by atoms with Crippen LogP contribution in [0.25, 0.3) is 0 Å². The molecule has 3 nitrogen and oxygen atoms in total. The van der Waals surface area contributed by atoms with E-state index in [1.165, 1.54) is 6.92 Å². The number of amides is 1. The van der Waals surface area contributed by atoms with Crippen molar-refractivity contribution in [1.82, 2.24) is 0 Å². The van der Waals surface area contributed by atoms with E-state index in [-0.39, 0.29) is 11.3 Å². The Bertz CT molecular complexity index is 421. The van der Waals surface area contributed by atoms with Gasteiger partial charge in [0, 0.05) is 6.07 Å². The van der Waals surface area contributed by atoms with E-state index in [2.05, 4.69) is 5.32 Å². The van der Waals surface area contributed by atoms with Crippen LogP contribution in [-0.2, 0) is 4.79 Å². The number of benzene rings is 1. The van der Waals surface area contributed by atoms with Gasteiger partial charge in [-0.25, -0.2) is 8.78 Å². The minimum atomic E-state index is -0.705. The first-order chi connectivity index (χ1) is 7.95. The van der Waals surface area contributed by atoms with Gasteiger partial charge in [-0.1, -0.05) is 13.3 Å². The molecule has 0 fully saturated rings. The van der Waals surface area contributed by atoms with E-state index < -0.39 is 23.6 Å². The van der Waals surface area contributed by atoms with Gasteiger partial charge in [-0.3, -0.25) is 4.79 Å². The molecule has 1 rings (SSSR count). The predicted octanol–water partition coefficient (Wildman–Crippen LogP) is 2.34. The summed E-state index contributed by atoms with van der Waals surface area (Å²) in [6, 6.07) is 1.29. The lowest BCUT2D eigenvalue weighted by molar-refractivity contribution is -0.117. The summed E-state index contributed by atoms with van der Waals surface area (Å²) in [6.45, 7) is 3.34. The van der Waals surface area contributed by atoms with Crippen LogP contribution in [0, 0.1) is 18.6 Å². The largest absolute Gasteiger partial charge is 0.322 e. The molecule has 17 heavy (non-hydrogen) atoms. The lowest BCUT2D eigenvalue weighted by Gasteiger charge is -2.12. The van der Waals surface area contributed by atoms with E-state index in [4.69, 9.17) is 5.73 Å². The van der Waals surface area contributed by atoms with E-state index in [0.717, 1.165) is 18.6 Å². The fraction of sp³-hybridized carbons (Fsp3) is 0.417. The number of carbonyl (C=O) groups is 1. The van der Waals surface area contributed by atoms with Gasteiger partial charge in [0.15, 0.2) is 0 Å². The lowest BCUT2D eigenvalue weighted by Crippen LogP contribution is -2.35. The summed E-state index contributed by atoms with van der Waals surface area (Å²) < 4.78 is 26.6. The molecule has 0 radical (unpaired) electrons. The van der Waals surface area contributed by atoms with E-state index in [1.54, 1.807) is 0 Å². The average Bonchev–Trinajstić information content (AvgIpc) is 2.26. The normalized spacial score (nSPS) is 12.3. The lowest BCUT2D eigenvalue weighted by atomic mass is 10.1. The third-order valence-electron chi connectivity index (χ3n) is 2.44. The maximum Gasteiger partial charge on any atom is 0.241 e. The van der Waals surface area contributed by atoms with Crippen molar-refractivity contribution in [3.8, 4) is 0 Å². The van der Waals surface area contributed by atoms with E-state index >= 15 is 0 Å². The van der Waals surface area contributed by atoms with Crippen molar-refractivity contribution in [3.63, 3.8) is 0 Å². The van der Waals surface area contributed by atoms with Crippen molar-refractivity contribution in [2.75, 3.05) is 5.32 Å². The van der Waals surface area contributed by atoms with Crippen LogP contribution in [0.4, 0.5) is 14.5 Å². The van der Waals surface area contributed by atoms with Gasteiger partial charge in [-0.2, -0.15) is 0 Å². The quantitative estimate of drug-likeness (QED) is 0.851. The van der Waals surface area contributed by atoms with Crippen LogP contribution in [0.5, 0.6) is 0 Å². The van der Waals surface area contributed by atoms with Crippen molar-refractivity contribution in [2.45, 2.75) is 32.7 Å². The molecule has 1 aromatic rings. The predicted molar refractivity (Wildman–Crippen MR) is 62.6 cm³/mol. The monoisotopic (exact) mass is 242 g/mol. The first kappa shape index (κ1) is 13.6. The Hall–Kier alpha value is -1.49. The highest BCUT2D eigenvalue weighted by molar-refractivity contribution is 5.94. The number of hydrogen-bond donors (Lipinski definition) is 2. The van der Waals surface area contributed by atoms with Crippen molar-refractivity contribution in [2.24, 2.45) is 5.73 Å². The maximum absolute atomic E-state index is 13.4. The summed E-state index contributed by atoms with van der Waals surface area (Å²) in [5.41, 5.74) is 5.58. The second-order valence-corrected chi connectivity index (χ2v) is 3.97. The van der Waals surface area contributed by atoms with Gasteiger partial charge in [0.2, 0.25) is 5.91 Å². The number of nitrogens with two attached hydrogens (primary N) is 1. The first-order valence-corrected chi connectivity index (χ1v) is 5.47. The third-order valence-corrected chi connectivity index (χ3v) is 2.44. The summed E-state index contributed by atoms with van der Waals surface area (Å²) in [6.07, 6.45) is 1.25. The zero-order valence-electron chi connectivity index (χ0n) is 9.89. The molecule has 0 unspecified atom stereocenters. The van der Waals surface area contributed by atoms with E-state index in [1.807, 2.05) is 6.92 Å². The van der Waals surface area contributed by atoms with Gasteiger partial charge in [0.25, 0.3) is 0 Å². The molecule has 1 aromatic carbocycles. The molecule has 94 valence electrons. The molecular formula is C12H16F2N2O. The Morgan fingerprint density at radius 3 is 2.65 bits per heavy atom. The molecular weight excluding hydrogens is 226 g/mol. The van der Waals surface area contributed by atoms with Crippen molar-refractivity contribution >= 4 is 11.6 Å². The van der Waals surface area contributed by atoms with Crippen LogP contribution < -0.4 is 11.1 Å². The Morgan fingerprint density at radius 1 is 1.41 bits per heavy atom. The number of hydrogen-bond acceptors (Lipinski definition) is 2. The van der Waals surface area contributed by atoms with Crippen LogP contribution in [0.2, 0.25) is 0 Å². The molecule has 1 amide bonds. The Morgan fingerprint density at radius 2 is 2.06 bits per heavy atom. The number of rotatable bonds is 4. The topological polar surface area (TPSA) is 55.1 Å². The maximum atomic E-state index is 13.4. The molecule has 5 heteroatoms. The third kappa shape index (κ3) is 3.49. The number of halogens is 2. The zero-order valence-corrected chi connectivity index (χ0v) is 9.89. The van der Waals surface area contributed by atoms with E-state index in [0.29, 0.717) is 6.42 Å². The molecule has 0 heterocycles. The molecule has 0 saturated heterocycles. The van der Waals surface area contributed by atoms with E-state index in [9.17, 15) is 13.6 Å². The summed E-state index contributed by atoms with van der Waals surface area (Å²) in [5.74, 6) is -1.74. The highest BCUT2D eigenvalue weighted by Gasteiger charge is 2.15. The number of aryl methyl sites for hydroxylation is 1. The molecule has 0 aliphatic carbocycles. The van der Waals surface area contributed by atoms with Gasteiger partial charge in [-0.15, -0.1) is 0 Å². The van der Waals surface area contributed by atoms with Crippen LogP contribution in [-0.4, -0.2) is 11.9 Å². The molecule has 0 saturated carbocycles. The molecule has 0 aromatic heterocycles. The van der Waals surface area contributed by atoms with Crippen molar-refractivity contribution < 1.29 is 13.6 Å². The minimum Gasteiger partial charge on any atom is -0.322 e. The highest BCUT2D eigenvalue weighted by atomic mass is 19.1. The molecule has 0 aliphatic heterocycles. The summed E-state index contributed by atoms with van der Waals surface area (Å²) >= 11 is 0. The first-order valence-electron chi connectivity index (χ1n) is 5.47. The summed E-state index contributed by atoms with van der Waals surface area (Å²) in [7, 11) is 0. The summed E-state index contributed by atoms with van der Waals surface area (Å²) in [4.78, 5) is 11.5. The van der Waals surface area contributed by atoms with Gasteiger partial charge in [0.1, 0.15) is 11.6 Å². The Labute approximate surface area is 99.0 Å². The molecule has 3 N–H and O–H groups in total. The Kier molecular flexibility index (Phi) is 4.57. The van der Waals surface area contributed by atoms with Crippen LogP contribution >= 0.6 is 0 Å². The Balaban J connectivity index is 2.81. The second kappa shape index (κ2) is 5.72. The molecule has 0 bridgehead atoms. The van der Waals surface area contributed by atoms with Crippen LogP contribution in [0.3, 0.4) is 0 Å². The molecule has 1 atom stereocenters. The van der Waals surface area contributed by atoms with Gasteiger partial charge in [0.05, 0.1) is 11.7 Å². The van der Waals surface area contributed by atoms with Gasteiger partial charge < -0.3 is 11.1 Å². The smallest absolute Gasteiger partial charge is 0.241 e. The van der Waals surface area contributed by atoms with Crippen molar-refractivity contribution in [3.05, 3.63) is 29.3 Å². The average molecular weight is 242 g/mol. The molecule has 0 spiro atoms. The number of carbonyl (C=O) groups excluding carboxylic acids is 1. The fourth-order valence-electron chi connectivity index (χ4n) is 1.41. The standard InChI is InChI=1S/C12H16F2N2O/c1-3-4-10(15)12(17)16-11-6-8(13)7(2)5-9(11)14/h5-6,10H,3-4,15H2,1-2H3,(H,16,17)/t10-/m0/s1. The number of nitrogens with one attached hydrogen (secondary N) is 1. The zero-order chi connectivity index (χ0) is 13.0. The van der Waals surface area contributed by atoms with Crippen molar-refractivity contribution in [1.29, 1.82) is 0 Å². The SMILES string of the molecule is CCC[C@H](N)C(=O)Nc1cc(F)c(C)cc1F.